The van der Waals surface area contributed by atoms with Crippen molar-refractivity contribution in [3.8, 4) is 17.0 Å². The van der Waals surface area contributed by atoms with Crippen LogP contribution in [0.2, 0.25) is 0 Å². The van der Waals surface area contributed by atoms with E-state index in [9.17, 15) is 18.7 Å². The molecule has 1 aromatic carbocycles. The molecular formula is C20H23F2N5O2. The second-order valence-corrected chi connectivity index (χ2v) is 7.61. The van der Waals surface area contributed by atoms with E-state index in [2.05, 4.69) is 20.8 Å². The third kappa shape index (κ3) is 3.50. The van der Waals surface area contributed by atoms with E-state index in [4.69, 9.17) is 0 Å². The number of amides is 1. The zero-order valence-electron chi connectivity index (χ0n) is 16.2. The van der Waals surface area contributed by atoms with Crippen LogP contribution < -0.4 is 15.5 Å². The number of piperidine rings is 1. The molecule has 0 aliphatic carbocycles. The number of hydrogen-bond acceptors (Lipinski definition) is 6. The average Bonchev–Trinajstić information content (AvgIpc) is 3.14. The molecule has 2 fully saturated rings. The number of aromatic hydroxyl groups is 1. The lowest BCUT2D eigenvalue weighted by atomic mass is 9.96. The highest BCUT2D eigenvalue weighted by atomic mass is 19.1. The molecule has 1 amide bonds. The highest BCUT2D eigenvalue weighted by Gasteiger charge is 2.43. The number of rotatable bonds is 4. The van der Waals surface area contributed by atoms with Crippen molar-refractivity contribution in [2.75, 3.05) is 19.0 Å². The molecule has 2 aliphatic heterocycles. The van der Waals surface area contributed by atoms with Crippen LogP contribution in [-0.2, 0) is 0 Å². The van der Waals surface area contributed by atoms with Gasteiger partial charge >= 0.3 is 0 Å². The SMILES string of the molecule is CNC(=O)c1cc(O)c(-c2ccc(N(C)[C@H]3CC4CCC(N4)[C@H]3F)nn2)cc1F. The van der Waals surface area contributed by atoms with Crippen LogP contribution in [0.1, 0.15) is 29.6 Å². The minimum absolute atomic E-state index is 0.118. The van der Waals surface area contributed by atoms with Gasteiger partial charge in [0.05, 0.1) is 17.3 Å². The van der Waals surface area contributed by atoms with Crippen molar-refractivity contribution in [3.05, 3.63) is 35.6 Å². The van der Waals surface area contributed by atoms with E-state index in [0.29, 0.717) is 18.3 Å². The van der Waals surface area contributed by atoms with Crippen LogP contribution in [0.15, 0.2) is 24.3 Å². The van der Waals surface area contributed by atoms with Crippen molar-refractivity contribution in [2.45, 2.75) is 43.6 Å². The first-order valence-electron chi connectivity index (χ1n) is 9.60. The molecule has 29 heavy (non-hydrogen) atoms. The van der Waals surface area contributed by atoms with Crippen molar-refractivity contribution in [2.24, 2.45) is 0 Å². The first kappa shape index (κ1) is 19.5. The van der Waals surface area contributed by atoms with E-state index < -0.39 is 17.9 Å². The molecule has 2 aliphatic rings. The van der Waals surface area contributed by atoms with E-state index in [1.807, 2.05) is 0 Å². The second kappa shape index (κ2) is 7.55. The van der Waals surface area contributed by atoms with Gasteiger partial charge in [-0.2, -0.15) is 0 Å². The number of carbonyl (C=O) groups excluding carboxylic acids is 1. The van der Waals surface area contributed by atoms with Gasteiger partial charge < -0.3 is 20.6 Å². The van der Waals surface area contributed by atoms with Gasteiger partial charge in [-0.3, -0.25) is 4.79 Å². The molecule has 0 spiro atoms. The predicted octanol–water partition coefficient (Wildman–Crippen LogP) is 2.02. The lowest BCUT2D eigenvalue weighted by Crippen LogP contribution is -2.55. The lowest BCUT2D eigenvalue weighted by Gasteiger charge is -2.38. The molecule has 4 atom stereocenters. The zero-order valence-corrected chi connectivity index (χ0v) is 16.2. The number of hydrogen-bond donors (Lipinski definition) is 3. The summed E-state index contributed by atoms with van der Waals surface area (Å²) < 4.78 is 29.0. The Labute approximate surface area is 167 Å². The summed E-state index contributed by atoms with van der Waals surface area (Å²) in [4.78, 5) is 13.4. The predicted molar refractivity (Wildman–Crippen MR) is 104 cm³/mol. The van der Waals surface area contributed by atoms with Crippen LogP contribution in [0.4, 0.5) is 14.6 Å². The van der Waals surface area contributed by atoms with Crippen molar-refractivity contribution in [1.82, 2.24) is 20.8 Å². The molecular weight excluding hydrogens is 380 g/mol. The van der Waals surface area contributed by atoms with Gasteiger partial charge in [-0.25, -0.2) is 8.78 Å². The molecule has 2 bridgehead atoms. The maximum absolute atomic E-state index is 14.8. The maximum Gasteiger partial charge on any atom is 0.254 e. The smallest absolute Gasteiger partial charge is 0.254 e. The fourth-order valence-electron chi connectivity index (χ4n) is 4.25. The fraction of sp³-hybridized carbons (Fsp3) is 0.450. The van der Waals surface area contributed by atoms with Crippen LogP contribution in [0.25, 0.3) is 11.3 Å². The number of phenols is 1. The van der Waals surface area contributed by atoms with Crippen LogP contribution >= 0.6 is 0 Å². The molecule has 0 radical (unpaired) electrons. The number of halogens is 2. The van der Waals surface area contributed by atoms with Crippen LogP contribution in [0.5, 0.6) is 5.75 Å². The number of alkyl halides is 1. The van der Waals surface area contributed by atoms with Crippen LogP contribution in [0.3, 0.4) is 0 Å². The van der Waals surface area contributed by atoms with E-state index in [1.165, 1.54) is 7.05 Å². The number of fused-ring (bicyclic) bond motifs is 2. The zero-order chi connectivity index (χ0) is 20.7. The average molecular weight is 403 g/mol. The van der Waals surface area contributed by atoms with Gasteiger partial charge in [0, 0.05) is 31.7 Å². The van der Waals surface area contributed by atoms with Gasteiger partial charge in [0.25, 0.3) is 5.91 Å². The topological polar surface area (TPSA) is 90.4 Å². The van der Waals surface area contributed by atoms with Crippen molar-refractivity contribution in [1.29, 1.82) is 0 Å². The summed E-state index contributed by atoms with van der Waals surface area (Å²) in [7, 11) is 3.17. The highest BCUT2D eigenvalue weighted by molar-refractivity contribution is 5.95. The van der Waals surface area contributed by atoms with E-state index in [0.717, 1.165) is 25.0 Å². The molecule has 2 saturated heterocycles. The summed E-state index contributed by atoms with van der Waals surface area (Å²) in [5, 5.41) is 24.1. The van der Waals surface area contributed by atoms with Gasteiger partial charge in [-0.1, -0.05) is 0 Å². The number of aromatic nitrogens is 2. The Morgan fingerprint density at radius 3 is 2.79 bits per heavy atom. The quantitative estimate of drug-likeness (QED) is 0.724. The number of anilines is 1. The number of phenolic OH excluding ortho intramolecular Hbond substituents is 1. The minimum atomic E-state index is -0.990. The normalized spacial score (nSPS) is 25.7. The third-order valence-corrected chi connectivity index (χ3v) is 5.90. The lowest BCUT2D eigenvalue weighted by molar-refractivity contribution is 0.0958. The van der Waals surface area contributed by atoms with Gasteiger partial charge in [0.15, 0.2) is 5.82 Å². The molecule has 3 N–H and O–H groups in total. The molecule has 9 heteroatoms. The van der Waals surface area contributed by atoms with Gasteiger partial charge in [0.2, 0.25) is 0 Å². The van der Waals surface area contributed by atoms with Crippen LogP contribution in [0, 0.1) is 5.82 Å². The molecule has 154 valence electrons. The molecule has 0 saturated carbocycles. The Kier molecular flexibility index (Phi) is 5.08. The van der Waals surface area contributed by atoms with Crippen molar-refractivity contribution < 1.29 is 18.7 Å². The minimum Gasteiger partial charge on any atom is -0.507 e. The number of nitrogens with zero attached hydrogens (tertiary/aromatic N) is 3. The Morgan fingerprint density at radius 2 is 2.10 bits per heavy atom. The standard InChI is InChI=1S/C20H23F2N5O2/c1-23-20(29)11-9-17(28)12(8-13(11)21)14-5-6-18(26-25-14)27(2)16-7-10-3-4-15(24-10)19(16)22/h5-6,8-10,15-16,19,24,28H,3-4,7H2,1-2H3,(H,23,29)/t10?,15?,16-,19+/m0/s1. The summed E-state index contributed by atoms with van der Waals surface area (Å²) in [6.07, 6.45) is 1.54. The van der Waals surface area contributed by atoms with Gasteiger partial charge in [0.1, 0.15) is 17.7 Å². The summed E-state index contributed by atoms with van der Waals surface area (Å²) >= 11 is 0. The molecule has 4 rings (SSSR count). The first-order chi connectivity index (χ1) is 13.9. The monoisotopic (exact) mass is 403 g/mol. The molecule has 3 heterocycles. The Bertz CT molecular complexity index is 924. The van der Waals surface area contributed by atoms with Crippen molar-refractivity contribution >= 4 is 11.7 Å². The Morgan fingerprint density at radius 1 is 1.31 bits per heavy atom. The number of carbonyl (C=O) groups is 1. The number of benzene rings is 1. The Hall–Kier alpha value is -2.81. The summed E-state index contributed by atoms with van der Waals surface area (Å²) in [6, 6.07) is 5.29. The summed E-state index contributed by atoms with van der Waals surface area (Å²) in [6.45, 7) is 0. The van der Waals surface area contributed by atoms with E-state index in [-0.39, 0.29) is 34.7 Å². The summed E-state index contributed by atoms with van der Waals surface area (Å²) in [5.41, 5.74) is 0.122. The van der Waals surface area contributed by atoms with Crippen LogP contribution in [-0.4, -0.2) is 59.6 Å². The first-order valence-corrected chi connectivity index (χ1v) is 9.60. The molecule has 2 aromatic rings. The van der Waals surface area contributed by atoms with Gasteiger partial charge in [-0.15, -0.1) is 10.2 Å². The number of nitrogens with one attached hydrogen (secondary N) is 2. The summed E-state index contributed by atoms with van der Waals surface area (Å²) in [5.74, 6) is -1.18. The Balaban J connectivity index is 1.57. The second-order valence-electron chi connectivity index (χ2n) is 7.61. The maximum atomic E-state index is 14.8. The molecule has 7 nitrogen and oxygen atoms in total. The third-order valence-electron chi connectivity index (χ3n) is 5.90. The highest BCUT2D eigenvalue weighted by Crippen LogP contribution is 2.34. The molecule has 1 aromatic heterocycles. The fourth-order valence-corrected chi connectivity index (χ4v) is 4.25. The largest absolute Gasteiger partial charge is 0.507 e. The van der Waals surface area contributed by atoms with Crippen molar-refractivity contribution in [3.63, 3.8) is 0 Å². The van der Waals surface area contributed by atoms with E-state index >= 15 is 0 Å². The van der Waals surface area contributed by atoms with E-state index in [1.54, 1.807) is 24.1 Å². The van der Waals surface area contributed by atoms with Gasteiger partial charge in [-0.05, 0) is 43.5 Å². The molecule has 2 unspecified atom stereocenters.